The summed E-state index contributed by atoms with van der Waals surface area (Å²) in [4.78, 5) is 2.60. The minimum atomic E-state index is -0.826. The van der Waals surface area contributed by atoms with Crippen LogP contribution in [0.3, 0.4) is 0 Å². The van der Waals surface area contributed by atoms with Gasteiger partial charge in [0, 0.05) is 26.1 Å². The van der Waals surface area contributed by atoms with Gasteiger partial charge in [-0.1, -0.05) is 37.6 Å². The van der Waals surface area contributed by atoms with Crippen molar-refractivity contribution in [2.45, 2.75) is 78.4 Å². The van der Waals surface area contributed by atoms with Crippen molar-refractivity contribution in [1.29, 1.82) is 0 Å². The Kier molecular flexibility index (Phi) is 5.59. The topological polar surface area (TPSA) is 3.24 Å². The van der Waals surface area contributed by atoms with Crippen LogP contribution >= 0.6 is 0 Å². The van der Waals surface area contributed by atoms with Crippen LogP contribution in [0.15, 0.2) is 36.4 Å². The Hall–Kier alpha value is -1.67. The second-order valence-electron chi connectivity index (χ2n) is 10.1. The van der Waals surface area contributed by atoms with Gasteiger partial charge in [0.15, 0.2) is 0 Å². The Balaban J connectivity index is 1.63. The zero-order valence-corrected chi connectivity index (χ0v) is 18.7. The fourth-order valence-electron chi connectivity index (χ4n) is 5.69. The van der Waals surface area contributed by atoms with Gasteiger partial charge in [-0.25, -0.2) is 4.39 Å². The Bertz CT molecular complexity index is 865. The lowest BCUT2D eigenvalue weighted by molar-refractivity contribution is 0.00934. The highest BCUT2D eigenvalue weighted by Crippen LogP contribution is 2.47. The number of halogens is 1. The quantitative estimate of drug-likeness (QED) is 0.455. The van der Waals surface area contributed by atoms with Gasteiger partial charge < -0.3 is 0 Å². The molecule has 1 atom stereocenters. The van der Waals surface area contributed by atoms with Crippen LogP contribution in [0.4, 0.5) is 4.39 Å². The summed E-state index contributed by atoms with van der Waals surface area (Å²) in [5.74, 6) is 0.691. The maximum atomic E-state index is 13.6. The van der Waals surface area contributed by atoms with E-state index >= 15 is 0 Å². The summed E-state index contributed by atoms with van der Waals surface area (Å²) in [5.41, 5.74) is 10.3. The minimum absolute atomic E-state index is 0.396. The SMILES string of the molecule is C=C(C)CC1(C)CN(Cc2cc(C3CC3)c(C3=CCC(F)C=C3)c(C)c2CC)C1. The van der Waals surface area contributed by atoms with E-state index < -0.39 is 6.17 Å². The lowest BCUT2D eigenvalue weighted by Gasteiger charge is -2.49. The third-order valence-electron chi connectivity index (χ3n) is 6.87. The molecule has 1 saturated carbocycles. The molecule has 1 aromatic rings. The number of hydrogen-bond donors (Lipinski definition) is 0. The molecule has 156 valence electrons. The Morgan fingerprint density at radius 1 is 1.31 bits per heavy atom. The van der Waals surface area contributed by atoms with Gasteiger partial charge in [-0.05, 0) is 90.3 Å². The van der Waals surface area contributed by atoms with E-state index in [2.05, 4.69) is 51.3 Å². The average Bonchev–Trinajstić information content (AvgIpc) is 3.46. The molecular formula is C27H36FN. The van der Waals surface area contributed by atoms with Crippen molar-refractivity contribution >= 4 is 5.57 Å². The van der Waals surface area contributed by atoms with Gasteiger partial charge in [-0.15, -0.1) is 6.58 Å². The van der Waals surface area contributed by atoms with E-state index in [9.17, 15) is 4.39 Å². The Labute approximate surface area is 176 Å². The van der Waals surface area contributed by atoms with Gasteiger partial charge in [0.05, 0.1) is 0 Å². The first-order chi connectivity index (χ1) is 13.8. The zero-order valence-electron chi connectivity index (χ0n) is 18.7. The van der Waals surface area contributed by atoms with E-state index in [0.29, 0.717) is 17.8 Å². The largest absolute Gasteiger partial charge is 0.298 e. The maximum absolute atomic E-state index is 13.6. The van der Waals surface area contributed by atoms with E-state index in [1.807, 2.05) is 6.08 Å². The molecule has 3 aliphatic rings. The smallest absolute Gasteiger partial charge is 0.122 e. The van der Waals surface area contributed by atoms with E-state index in [-0.39, 0.29) is 0 Å². The summed E-state index contributed by atoms with van der Waals surface area (Å²) in [6, 6.07) is 2.50. The molecule has 0 N–H and O–H groups in total. The second kappa shape index (κ2) is 7.87. The molecule has 2 heteroatoms. The summed E-state index contributed by atoms with van der Waals surface area (Å²) in [5, 5.41) is 0. The zero-order chi connectivity index (χ0) is 20.8. The minimum Gasteiger partial charge on any atom is -0.298 e. The van der Waals surface area contributed by atoms with Crippen LogP contribution in [-0.2, 0) is 13.0 Å². The lowest BCUT2D eigenvalue weighted by atomic mass is 9.76. The summed E-state index contributed by atoms with van der Waals surface area (Å²) >= 11 is 0. The first-order valence-corrected chi connectivity index (χ1v) is 11.3. The third-order valence-corrected chi connectivity index (χ3v) is 6.87. The highest BCUT2D eigenvalue weighted by molar-refractivity contribution is 5.80. The number of alkyl halides is 1. The molecule has 4 rings (SSSR count). The molecule has 2 fully saturated rings. The molecule has 1 aliphatic heterocycles. The summed E-state index contributed by atoms with van der Waals surface area (Å²) in [7, 11) is 0. The second-order valence-corrected chi connectivity index (χ2v) is 10.1. The molecule has 1 saturated heterocycles. The summed E-state index contributed by atoms with van der Waals surface area (Å²) in [6.07, 6.45) is 10.3. The van der Waals surface area contributed by atoms with E-state index in [1.54, 1.807) is 6.08 Å². The Morgan fingerprint density at radius 3 is 2.59 bits per heavy atom. The van der Waals surface area contributed by atoms with Crippen molar-refractivity contribution in [3.63, 3.8) is 0 Å². The molecule has 0 bridgehead atoms. The summed E-state index contributed by atoms with van der Waals surface area (Å²) < 4.78 is 13.6. The number of rotatable bonds is 7. The molecule has 1 unspecified atom stereocenters. The molecule has 29 heavy (non-hydrogen) atoms. The third kappa shape index (κ3) is 4.28. The first kappa shape index (κ1) is 20.6. The van der Waals surface area contributed by atoms with Crippen LogP contribution in [0.25, 0.3) is 5.57 Å². The van der Waals surface area contributed by atoms with Crippen molar-refractivity contribution in [1.82, 2.24) is 4.90 Å². The van der Waals surface area contributed by atoms with Gasteiger partial charge >= 0.3 is 0 Å². The van der Waals surface area contributed by atoms with Crippen LogP contribution in [0.1, 0.15) is 80.2 Å². The molecule has 1 heterocycles. The predicted molar refractivity (Wildman–Crippen MR) is 122 cm³/mol. The first-order valence-electron chi connectivity index (χ1n) is 11.3. The molecule has 0 radical (unpaired) electrons. The number of allylic oxidation sites excluding steroid dienone is 5. The van der Waals surface area contributed by atoms with Crippen LogP contribution in [0.5, 0.6) is 0 Å². The van der Waals surface area contributed by atoms with Crippen molar-refractivity contribution in [3.8, 4) is 0 Å². The number of likely N-dealkylation sites (tertiary alicyclic amines) is 1. The molecule has 1 aromatic carbocycles. The van der Waals surface area contributed by atoms with E-state index in [4.69, 9.17) is 0 Å². The van der Waals surface area contributed by atoms with Gasteiger partial charge in [0.25, 0.3) is 0 Å². The molecule has 2 aliphatic carbocycles. The highest BCUT2D eigenvalue weighted by Gasteiger charge is 2.38. The molecule has 1 nitrogen and oxygen atoms in total. The maximum Gasteiger partial charge on any atom is 0.122 e. The molecule has 0 spiro atoms. The van der Waals surface area contributed by atoms with Crippen LogP contribution < -0.4 is 0 Å². The fraction of sp³-hybridized carbons (Fsp3) is 0.556. The summed E-state index contributed by atoms with van der Waals surface area (Å²) in [6.45, 7) is 16.6. The predicted octanol–water partition coefficient (Wildman–Crippen LogP) is 6.90. The monoisotopic (exact) mass is 393 g/mol. The van der Waals surface area contributed by atoms with E-state index in [0.717, 1.165) is 32.5 Å². The van der Waals surface area contributed by atoms with Gasteiger partial charge in [0.2, 0.25) is 0 Å². The van der Waals surface area contributed by atoms with Crippen molar-refractivity contribution in [3.05, 3.63) is 64.3 Å². The van der Waals surface area contributed by atoms with Gasteiger partial charge in [-0.2, -0.15) is 0 Å². The van der Waals surface area contributed by atoms with Crippen molar-refractivity contribution in [2.24, 2.45) is 5.41 Å². The normalized spacial score (nSPS) is 23.6. The molecule has 0 amide bonds. The molecular weight excluding hydrogens is 357 g/mol. The van der Waals surface area contributed by atoms with Crippen LogP contribution in [0.2, 0.25) is 0 Å². The molecule has 0 aromatic heterocycles. The Morgan fingerprint density at radius 2 is 2.03 bits per heavy atom. The fourth-order valence-corrected chi connectivity index (χ4v) is 5.69. The number of hydrogen-bond acceptors (Lipinski definition) is 1. The van der Waals surface area contributed by atoms with E-state index in [1.165, 1.54) is 51.8 Å². The lowest BCUT2D eigenvalue weighted by Crippen LogP contribution is -2.54. The van der Waals surface area contributed by atoms with Gasteiger partial charge in [-0.3, -0.25) is 4.90 Å². The average molecular weight is 394 g/mol. The van der Waals surface area contributed by atoms with Crippen LogP contribution in [-0.4, -0.2) is 24.2 Å². The number of benzene rings is 1. The number of nitrogens with zero attached hydrogens (tertiary/aromatic N) is 1. The van der Waals surface area contributed by atoms with Crippen LogP contribution in [0, 0.1) is 12.3 Å². The van der Waals surface area contributed by atoms with Crippen molar-refractivity contribution < 1.29 is 4.39 Å². The van der Waals surface area contributed by atoms with Gasteiger partial charge in [0.1, 0.15) is 6.17 Å². The highest BCUT2D eigenvalue weighted by atomic mass is 19.1. The standard InChI is InChI=1S/C27H36FN/c1-6-24-19(4)26(21-9-11-23(28)12-10-21)25(20-7-8-20)13-22(24)15-29-16-27(5,17-29)14-18(2)3/h9-11,13,20,23H,2,6-8,12,14-17H2,1,3-5H3. The van der Waals surface area contributed by atoms with Crippen molar-refractivity contribution in [2.75, 3.05) is 13.1 Å².